The number of fused-ring (bicyclic) bond motifs is 1. The van der Waals surface area contributed by atoms with Gasteiger partial charge >= 0.3 is 5.97 Å². The fourth-order valence-electron chi connectivity index (χ4n) is 5.80. The number of sulfone groups is 1. The lowest BCUT2D eigenvalue weighted by Crippen LogP contribution is -2.38. The fourth-order valence-corrected chi connectivity index (χ4v) is 8.36. The van der Waals surface area contributed by atoms with Crippen molar-refractivity contribution in [2.45, 2.75) is 63.3 Å². The number of para-hydroxylation sites is 1. The predicted molar refractivity (Wildman–Crippen MR) is 176 cm³/mol. The van der Waals surface area contributed by atoms with Crippen LogP contribution in [-0.4, -0.2) is 46.3 Å². The van der Waals surface area contributed by atoms with Crippen molar-refractivity contribution >= 4 is 49.0 Å². The molecular formula is C34H41BrN2O6S. The van der Waals surface area contributed by atoms with Gasteiger partial charge in [-0.3, -0.25) is 4.79 Å². The highest BCUT2D eigenvalue weighted by atomic mass is 79.9. The van der Waals surface area contributed by atoms with Gasteiger partial charge in [-0.15, -0.1) is 0 Å². The number of nitrogens with one attached hydrogen (secondary N) is 1. The summed E-state index contributed by atoms with van der Waals surface area (Å²) in [5, 5.41) is 2.66. The Kier molecular flexibility index (Phi) is 11.5. The molecule has 0 bridgehead atoms. The van der Waals surface area contributed by atoms with Crippen molar-refractivity contribution in [3.63, 3.8) is 0 Å². The van der Waals surface area contributed by atoms with Crippen molar-refractivity contribution in [3.8, 4) is 5.75 Å². The molecule has 0 fully saturated rings. The van der Waals surface area contributed by atoms with Crippen molar-refractivity contribution in [2.24, 2.45) is 5.41 Å². The van der Waals surface area contributed by atoms with Crippen molar-refractivity contribution < 1.29 is 27.5 Å². The number of amides is 1. The molecule has 10 heteroatoms. The zero-order chi connectivity index (χ0) is 31.7. The molecule has 1 amide bonds. The molecule has 4 rings (SSSR count). The van der Waals surface area contributed by atoms with E-state index in [9.17, 15) is 18.0 Å². The first-order valence-corrected chi connectivity index (χ1v) is 17.5. The number of hydrogen-bond donors (Lipinski definition) is 1. The van der Waals surface area contributed by atoms with E-state index in [0.29, 0.717) is 22.3 Å². The van der Waals surface area contributed by atoms with Crippen LogP contribution in [-0.2, 0) is 24.2 Å². The highest BCUT2D eigenvalue weighted by molar-refractivity contribution is 9.10. The molecular weight excluding hydrogens is 644 g/mol. The molecule has 0 unspecified atom stereocenters. The third kappa shape index (κ3) is 8.01. The van der Waals surface area contributed by atoms with E-state index in [-0.39, 0.29) is 16.4 Å². The van der Waals surface area contributed by atoms with Gasteiger partial charge < -0.3 is 19.7 Å². The predicted octanol–water partition coefficient (Wildman–Crippen LogP) is 7.15. The van der Waals surface area contributed by atoms with Crippen molar-refractivity contribution in [1.29, 1.82) is 0 Å². The van der Waals surface area contributed by atoms with Crippen LogP contribution in [0.25, 0.3) is 0 Å². The molecule has 1 N–H and O–H groups in total. The Labute approximate surface area is 269 Å². The summed E-state index contributed by atoms with van der Waals surface area (Å²) in [5.74, 6) is -0.912. The van der Waals surface area contributed by atoms with Crippen LogP contribution in [0.15, 0.2) is 82.2 Å². The standard InChI is InChI=1S/C34H41BrN2O6S/c1-4-6-18-34(19-7-5-2)23-37(26-16-12-9-13-17-26)28-20-27(35)29(21-30(28)44(40,41)24-34)43-22-31(38)36-32(33(39)42-3)25-14-10-8-11-15-25/h8-17,20-21,32H,4-7,18-19,22-24H2,1-3H3,(H,36,38)/t32-/m1/s1. The number of rotatable bonds is 13. The summed E-state index contributed by atoms with van der Waals surface area (Å²) in [6.45, 7) is 4.41. The number of anilines is 2. The SMILES string of the molecule is CCCCC1(CCCC)CN(c2ccccc2)c2cc(Br)c(OCC(=O)N[C@@H](C(=O)OC)c3ccccc3)cc2S(=O)(=O)C1. The number of unbranched alkanes of at least 4 members (excludes halogenated alkanes) is 2. The number of ether oxygens (including phenoxy) is 2. The van der Waals surface area contributed by atoms with Crippen LogP contribution >= 0.6 is 15.9 Å². The summed E-state index contributed by atoms with van der Waals surface area (Å²) in [5.41, 5.74) is 1.64. The van der Waals surface area contributed by atoms with Gasteiger partial charge in [-0.1, -0.05) is 88.1 Å². The Morgan fingerprint density at radius 3 is 2.18 bits per heavy atom. The molecule has 1 aliphatic heterocycles. The summed E-state index contributed by atoms with van der Waals surface area (Å²) < 4.78 is 39.7. The van der Waals surface area contributed by atoms with E-state index in [1.807, 2.05) is 36.4 Å². The lowest BCUT2D eigenvalue weighted by molar-refractivity contribution is -0.145. The van der Waals surface area contributed by atoms with Gasteiger partial charge in [0.25, 0.3) is 5.91 Å². The Morgan fingerprint density at radius 1 is 0.977 bits per heavy atom. The van der Waals surface area contributed by atoms with E-state index < -0.39 is 39.8 Å². The number of halogens is 1. The monoisotopic (exact) mass is 684 g/mol. The van der Waals surface area contributed by atoms with Crippen LogP contribution in [0.5, 0.6) is 5.75 Å². The lowest BCUT2D eigenvalue weighted by atomic mass is 9.79. The fraction of sp³-hybridized carbons (Fsp3) is 0.412. The van der Waals surface area contributed by atoms with Crippen LogP contribution in [0, 0.1) is 5.41 Å². The first kappa shape index (κ1) is 33.5. The number of carbonyl (C=O) groups is 2. The molecule has 0 saturated carbocycles. The van der Waals surface area contributed by atoms with Gasteiger partial charge in [0.1, 0.15) is 5.75 Å². The molecule has 0 radical (unpaired) electrons. The van der Waals surface area contributed by atoms with Crippen LogP contribution in [0.4, 0.5) is 11.4 Å². The second kappa shape index (κ2) is 15.1. The van der Waals surface area contributed by atoms with Gasteiger partial charge in [-0.2, -0.15) is 0 Å². The average Bonchev–Trinajstić information content (AvgIpc) is 3.12. The summed E-state index contributed by atoms with van der Waals surface area (Å²) in [4.78, 5) is 27.6. The zero-order valence-electron chi connectivity index (χ0n) is 25.6. The molecule has 0 saturated heterocycles. The number of methoxy groups -OCH3 is 1. The molecule has 1 heterocycles. The third-order valence-corrected chi connectivity index (χ3v) is 10.7. The number of benzene rings is 3. The second-order valence-corrected chi connectivity index (χ2v) is 14.2. The molecule has 3 aromatic carbocycles. The molecule has 8 nitrogen and oxygen atoms in total. The van der Waals surface area contributed by atoms with Crippen LogP contribution in [0.3, 0.4) is 0 Å². The van der Waals surface area contributed by atoms with E-state index in [1.165, 1.54) is 13.2 Å². The van der Waals surface area contributed by atoms with E-state index in [2.05, 4.69) is 40.0 Å². The molecule has 0 spiro atoms. The maximum absolute atomic E-state index is 14.2. The Hall–Kier alpha value is -3.37. The van der Waals surface area contributed by atoms with Gasteiger partial charge in [-0.05, 0) is 52.5 Å². The molecule has 0 aromatic heterocycles. The van der Waals surface area contributed by atoms with E-state index >= 15 is 0 Å². The minimum absolute atomic E-state index is 0.0375. The van der Waals surface area contributed by atoms with Gasteiger partial charge in [0.05, 0.1) is 27.9 Å². The normalized spacial score (nSPS) is 15.9. The molecule has 0 aliphatic carbocycles. The van der Waals surface area contributed by atoms with E-state index in [1.54, 1.807) is 30.3 Å². The maximum atomic E-state index is 14.2. The van der Waals surface area contributed by atoms with Gasteiger partial charge in [0, 0.05) is 23.7 Å². The number of nitrogens with zero attached hydrogens (tertiary/aromatic N) is 1. The number of esters is 1. The molecule has 1 aliphatic rings. The largest absolute Gasteiger partial charge is 0.483 e. The van der Waals surface area contributed by atoms with Crippen LogP contribution in [0.2, 0.25) is 0 Å². The average molecular weight is 686 g/mol. The number of hydrogen-bond acceptors (Lipinski definition) is 7. The highest BCUT2D eigenvalue weighted by Gasteiger charge is 2.42. The molecule has 236 valence electrons. The Balaban J connectivity index is 1.67. The van der Waals surface area contributed by atoms with Crippen molar-refractivity contribution in [2.75, 3.05) is 30.9 Å². The summed E-state index contributed by atoms with van der Waals surface area (Å²) in [6.07, 6.45) is 5.49. The first-order chi connectivity index (χ1) is 21.1. The molecule has 3 aromatic rings. The van der Waals surface area contributed by atoms with Crippen LogP contribution < -0.4 is 15.0 Å². The minimum Gasteiger partial charge on any atom is -0.483 e. The van der Waals surface area contributed by atoms with E-state index in [0.717, 1.165) is 44.2 Å². The zero-order valence-corrected chi connectivity index (χ0v) is 28.0. The van der Waals surface area contributed by atoms with Crippen molar-refractivity contribution in [3.05, 3.63) is 82.8 Å². The number of carbonyl (C=O) groups excluding carboxylic acids is 2. The third-order valence-electron chi connectivity index (χ3n) is 8.05. The quantitative estimate of drug-likeness (QED) is 0.191. The summed E-state index contributed by atoms with van der Waals surface area (Å²) >= 11 is 3.57. The van der Waals surface area contributed by atoms with E-state index in [4.69, 9.17) is 9.47 Å². The highest BCUT2D eigenvalue weighted by Crippen LogP contribution is 2.47. The molecule has 1 atom stereocenters. The maximum Gasteiger partial charge on any atom is 0.333 e. The smallest absolute Gasteiger partial charge is 0.333 e. The Bertz CT molecular complexity index is 1520. The topological polar surface area (TPSA) is 102 Å². The lowest BCUT2D eigenvalue weighted by Gasteiger charge is -2.37. The summed E-state index contributed by atoms with van der Waals surface area (Å²) in [6, 6.07) is 20.9. The van der Waals surface area contributed by atoms with Crippen molar-refractivity contribution in [1.82, 2.24) is 5.32 Å². The van der Waals surface area contributed by atoms with Gasteiger partial charge in [-0.25, -0.2) is 13.2 Å². The van der Waals surface area contributed by atoms with Crippen LogP contribution in [0.1, 0.15) is 64.0 Å². The summed E-state index contributed by atoms with van der Waals surface area (Å²) in [7, 11) is -2.48. The first-order valence-electron chi connectivity index (χ1n) is 15.1. The van der Waals surface area contributed by atoms with Gasteiger partial charge in [0.2, 0.25) is 0 Å². The molecule has 44 heavy (non-hydrogen) atoms. The minimum atomic E-state index is -3.74. The van der Waals surface area contributed by atoms with Gasteiger partial charge in [0.15, 0.2) is 22.5 Å². The Morgan fingerprint density at radius 2 is 1.59 bits per heavy atom. The second-order valence-electron chi connectivity index (χ2n) is 11.4.